The lowest BCUT2D eigenvalue weighted by Gasteiger charge is -2.35. The van der Waals surface area contributed by atoms with Crippen LogP contribution in [0, 0.1) is 6.92 Å². The zero-order valence-corrected chi connectivity index (χ0v) is 13.2. The van der Waals surface area contributed by atoms with Crippen molar-refractivity contribution in [2.75, 3.05) is 18.8 Å². The predicted octanol–water partition coefficient (Wildman–Crippen LogP) is 0.260. The van der Waals surface area contributed by atoms with E-state index in [9.17, 15) is 12.6 Å². The minimum atomic E-state index is -3.59. The van der Waals surface area contributed by atoms with E-state index in [4.69, 9.17) is 0 Å². The zero-order chi connectivity index (χ0) is 14.4. The Bertz CT molecular complexity index is 600. The van der Waals surface area contributed by atoms with Crippen molar-refractivity contribution < 1.29 is 12.6 Å². The molecule has 0 unspecified atom stereocenters. The molecule has 1 aromatic rings. The molecular formula is C11H19N3O3S2. The van der Waals surface area contributed by atoms with Crippen molar-refractivity contribution in [3.05, 3.63) is 12.0 Å². The molecule has 1 saturated heterocycles. The van der Waals surface area contributed by atoms with E-state index in [1.165, 1.54) is 10.5 Å². The molecule has 2 heterocycles. The highest BCUT2D eigenvalue weighted by atomic mass is 32.2. The molecule has 0 radical (unpaired) electrons. The normalized spacial score (nSPS) is 24.5. The number of hydrogen-bond donors (Lipinski definition) is 0. The molecule has 108 valence electrons. The lowest BCUT2D eigenvalue weighted by molar-refractivity contribution is 0.377. The quantitative estimate of drug-likeness (QED) is 0.786. The summed E-state index contributed by atoms with van der Waals surface area (Å²) in [5.41, 5.74) is 0. The van der Waals surface area contributed by atoms with Gasteiger partial charge in [-0.15, -0.1) is 0 Å². The smallest absolute Gasteiger partial charge is 0.262 e. The Kier molecular flexibility index (Phi) is 3.61. The molecule has 0 aromatic carbocycles. The summed E-state index contributed by atoms with van der Waals surface area (Å²) in [6, 6.07) is 0. The number of rotatable bonds is 2. The Morgan fingerprint density at radius 1 is 1.42 bits per heavy atom. The van der Waals surface area contributed by atoms with Gasteiger partial charge in [-0.1, -0.05) is 0 Å². The third kappa shape index (κ3) is 2.61. The van der Waals surface area contributed by atoms with Crippen LogP contribution in [0.5, 0.6) is 0 Å². The molecule has 0 N–H and O–H groups in total. The third-order valence-corrected chi connectivity index (χ3v) is 7.02. The Labute approximate surface area is 116 Å². The van der Waals surface area contributed by atoms with Crippen molar-refractivity contribution in [1.29, 1.82) is 0 Å². The SMILES string of the molecule is Cc1nc(S(=O)(=O)N2CC[S@@](=O)C(C)(C)C2)cn1C. The van der Waals surface area contributed by atoms with E-state index < -0.39 is 25.6 Å². The van der Waals surface area contributed by atoms with E-state index in [1.54, 1.807) is 18.5 Å². The summed E-state index contributed by atoms with van der Waals surface area (Å²) in [4.78, 5) is 4.08. The minimum absolute atomic E-state index is 0.0657. The summed E-state index contributed by atoms with van der Waals surface area (Å²) in [6.07, 6.45) is 1.52. The first-order valence-electron chi connectivity index (χ1n) is 6.03. The zero-order valence-electron chi connectivity index (χ0n) is 11.6. The maximum absolute atomic E-state index is 12.5. The van der Waals surface area contributed by atoms with Gasteiger partial charge in [0.05, 0.1) is 4.75 Å². The number of aromatic nitrogens is 2. The number of sulfonamides is 1. The number of aryl methyl sites for hydroxylation is 2. The van der Waals surface area contributed by atoms with Crippen LogP contribution in [-0.2, 0) is 27.9 Å². The first-order valence-corrected chi connectivity index (χ1v) is 8.79. The molecule has 1 aromatic heterocycles. The molecule has 0 spiro atoms. The summed E-state index contributed by atoms with van der Waals surface area (Å²) in [6.45, 7) is 5.96. The van der Waals surface area contributed by atoms with Crippen LogP contribution in [0.25, 0.3) is 0 Å². The number of nitrogens with zero attached hydrogens (tertiary/aromatic N) is 3. The lowest BCUT2D eigenvalue weighted by Crippen LogP contribution is -2.52. The van der Waals surface area contributed by atoms with Gasteiger partial charge in [0.1, 0.15) is 5.82 Å². The summed E-state index contributed by atoms with van der Waals surface area (Å²) < 4.78 is 39.4. The number of hydrogen-bond acceptors (Lipinski definition) is 4. The second kappa shape index (κ2) is 4.68. The van der Waals surface area contributed by atoms with Crippen molar-refractivity contribution in [1.82, 2.24) is 13.9 Å². The predicted molar refractivity (Wildman–Crippen MR) is 73.8 cm³/mol. The van der Waals surface area contributed by atoms with Crippen molar-refractivity contribution >= 4 is 20.8 Å². The third-order valence-electron chi connectivity index (χ3n) is 3.39. The van der Waals surface area contributed by atoms with Gasteiger partial charge in [0.2, 0.25) is 0 Å². The van der Waals surface area contributed by atoms with Crippen LogP contribution in [0.2, 0.25) is 0 Å². The maximum atomic E-state index is 12.5. The van der Waals surface area contributed by atoms with Crippen LogP contribution in [0.3, 0.4) is 0 Å². The van der Waals surface area contributed by atoms with Gasteiger partial charge in [-0.2, -0.15) is 4.31 Å². The summed E-state index contributed by atoms with van der Waals surface area (Å²) >= 11 is 0. The summed E-state index contributed by atoms with van der Waals surface area (Å²) in [7, 11) is -2.82. The highest BCUT2D eigenvalue weighted by Gasteiger charge is 2.39. The van der Waals surface area contributed by atoms with Crippen molar-refractivity contribution in [2.24, 2.45) is 7.05 Å². The highest BCUT2D eigenvalue weighted by Crippen LogP contribution is 2.25. The Morgan fingerprint density at radius 2 is 2.05 bits per heavy atom. The van der Waals surface area contributed by atoms with E-state index >= 15 is 0 Å². The Hall–Kier alpha value is -0.730. The second-order valence-corrected chi connectivity index (χ2v) is 9.47. The summed E-state index contributed by atoms with van der Waals surface area (Å²) in [5.74, 6) is 1.02. The van der Waals surface area contributed by atoms with Crippen LogP contribution in [0.1, 0.15) is 19.7 Å². The van der Waals surface area contributed by atoms with E-state index in [2.05, 4.69) is 4.98 Å². The van der Waals surface area contributed by atoms with Crippen molar-refractivity contribution in [3.8, 4) is 0 Å². The second-order valence-electron chi connectivity index (χ2n) is 5.39. The van der Waals surface area contributed by atoms with Crippen LogP contribution in [0.15, 0.2) is 11.2 Å². The van der Waals surface area contributed by atoms with Gasteiger partial charge >= 0.3 is 0 Å². The highest BCUT2D eigenvalue weighted by molar-refractivity contribution is 7.89. The molecule has 6 nitrogen and oxygen atoms in total. The van der Waals surface area contributed by atoms with Gasteiger partial charge in [-0.05, 0) is 20.8 Å². The number of imidazole rings is 1. The van der Waals surface area contributed by atoms with Gasteiger partial charge in [0, 0.05) is 42.9 Å². The molecule has 2 rings (SSSR count). The largest absolute Gasteiger partial charge is 0.337 e. The lowest BCUT2D eigenvalue weighted by atomic mass is 10.2. The fraction of sp³-hybridized carbons (Fsp3) is 0.727. The van der Waals surface area contributed by atoms with Crippen LogP contribution in [0.4, 0.5) is 0 Å². The van der Waals surface area contributed by atoms with E-state index in [1.807, 2.05) is 13.8 Å². The first-order chi connectivity index (χ1) is 8.64. The fourth-order valence-corrected chi connectivity index (χ4v) is 5.09. The Balaban J connectivity index is 2.33. The minimum Gasteiger partial charge on any atom is -0.337 e. The average Bonchev–Trinajstić information content (AvgIpc) is 2.63. The maximum Gasteiger partial charge on any atom is 0.262 e. The van der Waals surface area contributed by atoms with Crippen molar-refractivity contribution in [2.45, 2.75) is 30.5 Å². The van der Waals surface area contributed by atoms with Crippen LogP contribution >= 0.6 is 0 Å². The van der Waals surface area contributed by atoms with Crippen molar-refractivity contribution in [3.63, 3.8) is 0 Å². The molecule has 1 atom stereocenters. The molecule has 8 heteroatoms. The van der Waals surface area contributed by atoms with E-state index in [0.29, 0.717) is 11.6 Å². The molecular weight excluding hydrogens is 286 g/mol. The molecule has 0 amide bonds. The van der Waals surface area contributed by atoms with Crippen LogP contribution < -0.4 is 0 Å². The standard InChI is InChI=1S/C11H19N3O3S2/c1-9-12-10(7-13(9)4)19(16,17)14-5-6-18(15)11(2,3)8-14/h7H,5-6,8H2,1-4H3/t18-/m1/s1. The molecule has 0 aliphatic carbocycles. The first kappa shape index (κ1) is 14.7. The summed E-state index contributed by atoms with van der Waals surface area (Å²) in [5, 5.41) is 0.0657. The Morgan fingerprint density at radius 3 is 2.53 bits per heavy atom. The van der Waals surface area contributed by atoms with Gasteiger partial charge in [0.15, 0.2) is 5.03 Å². The molecule has 1 aliphatic rings. The van der Waals surface area contributed by atoms with Gasteiger partial charge < -0.3 is 4.57 Å². The molecule has 1 fully saturated rings. The van der Waals surface area contributed by atoms with Gasteiger partial charge in [0.25, 0.3) is 10.0 Å². The molecule has 19 heavy (non-hydrogen) atoms. The van der Waals surface area contributed by atoms with E-state index in [-0.39, 0.29) is 18.1 Å². The molecule has 1 aliphatic heterocycles. The average molecular weight is 305 g/mol. The fourth-order valence-electron chi connectivity index (χ4n) is 2.02. The topological polar surface area (TPSA) is 72.3 Å². The monoisotopic (exact) mass is 305 g/mol. The molecule has 0 saturated carbocycles. The van der Waals surface area contributed by atoms with Gasteiger partial charge in [-0.25, -0.2) is 13.4 Å². The molecule has 0 bridgehead atoms. The van der Waals surface area contributed by atoms with E-state index in [0.717, 1.165) is 0 Å². The van der Waals surface area contributed by atoms with Gasteiger partial charge in [-0.3, -0.25) is 4.21 Å². The van der Waals surface area contributed by atoms with Crippen LogP contribution in [-0.4, -0.2) is 50.1 Å².